The third-order valence-corrected chi connectivity index (χ3v) is 4.92. The standard InChI is InChI=1S/C11H16ClNO2S/c1-10(16(14,15)8-7-12)9-13-11-5-3-2-4-6-11/h2-6,10,13H,7-9H2,1H3. The first-order chi connectivity index (χ1) is 7.56. The van der Waals surface area contributed by atoms with Crippen LogP contribution in [0.25, 0.3) is 0 Å². The van der Waals surface area contributed by atoms with Gasteiger partial charge >= 0.3 is 0 Å². The fourth-order valence-corrected chi connectivity index (χ4v) is 2.85. The molecule has 1 rings (SSSR count). The number of rotatable bonds is 6. The predicted octanol–water partition coefficient (Wildman–Crippen LogP) is 2.14. The van der Waals surface area contributed by atoms with Crippen molar-refractivity contribution in [1.82, 2.24) is 0 Å². The monoisotopic (exact) mass is 261 g/mol. The fourth-order valence-electron chi connectivity index (χ4n) is 1.25. The summed E-state index contributed by atoms with van der Waals surface area (Å²) in [5.41, 5.74) is 0.926. The van der Waals surface area contributed by atoms with Gasteiger partial charge in [0.05, 0.1) is 11.0 Å². The minimum Gasteiger partial charge on any atom is -0.384 e. The second kappa shape index (κ2) is 6.11. The quantitative estimate of drug-likeness (QED) is 0.798. The van der Waals surface area contributed by atoms with Gasteiger partial charge in [-0.2, -0.15) is 0 Å². The molecule has 0 aliphatic heterocycles. The van der Waals surface area contributed by atoms with Crippen LogP contribution in [0, 0.1) is 0 Å². The number of sulfone groups is 1. The van der Waals surface area contributed by atoms with E-state index in [1.54, 1.807) is 6.92 Å². The number of nitrogens with one attached hydrogen (secondary N) is 1. The molecule has 3 nitrogen and oxygen atoms in total. The van der Waals surface area contributed by atoms with Gasteiger partial charge in [0.1, 0.15) is 0 Å². The first-order valence-corrected chi connectivity index (χ1v) is 7.37. The van der Waals surface area contributed by atoms with Crippen molar-refractivity contribution in [2.75, 3.05) is 23.5 Å². The van der Waals surface area contributed by atoms with Gasteiger partial charge in [-0.1, -0.05) is 18.2 Å². The van der Waals surface area contributed by atoms with Gasteiger partial charge in [0.25, 0.3) is 0 Å². The zero-order chi connectivity index (χ0) is 12.0. The second-order valence-electron chi connectivity index (χ2n) is 3.61. The van der Waals surface area contributed by atoms with Crippen LogP contribution in [0.2, 0.25) is 0 Å². The van der Waals surface area contributed by atoms with E-state index in [1.807, 2.05) is 30.3 Å². The summed E-state index contributed by atoms with van der Waals surface area (Å²) in [5, 5.41) is 2.66. The second-order valence-corrected chi connectivity index (χ2v) is 6.53. The molecular weight excluding hydrogens is 246 g/mol. The van der Waals surface area contributed by atoms with Crippen LogP contribution in [0.1, 0.15) is 6.92 Å². The summed E-state index contributed by atoms with van der Waals surface area (Å²) >= 11 is 5.45. The van der Waals surface area contributed by atoms with Crippen molar-refractivity contribution in [2.45, 2.75) is 12.2 Å². The lowest BCUT2D eigenvalue weighted by atomic mass is 10.3. The summed E-state index contributed by atoms with van der Waals surface area (Å²) in [6.45, 7) is 2.10. The molecule has 1 aromatic rings. The number of anilines is 1. The molecular formula is C11H16ClNO2S. The summed E-state index contributed by atoms with van der Waals surface area (Å²) in [7, 11) is -3.07. The molecule has 0 aromatic heterocycles. The Morgan fingerprint density at radius 3 is 2.50 bits per heavy atom. The Labute approximate surface area is 102 Å². The van der Waals surface area contributed by atoms with Gasteiger partial charge in [-0.25, -0.2) is 8.42 Å². The summed E-state index contributed by atoms with van der Waals surface area (Å²) in [6.07, 6.45) is 0. The number of halogens is 1. The lowest BCUT2D eigenvalue weighted by molar-refractivity contribution is 0.587. The van der Waals surface area contributed by atoms with E-state index in [4.69, 9.17) is 11.6 Å². The van der Waals surface area contributed by atoms with Crippen molar-refractivity contribution in [3.05, 3.63) is 30.3 Å². The van der Waals surface area contributed by atoms with Gasteiger partial charge in [0.15, 0.2) is 9.84 Å². The number of hydrogen-bond donors (Lipinski definition) is 1. The molecule has 0 fully saturated rings. The molecule has 0 spiro atoms. The first-order valence-electron chi connectivity index (χ1n) is 5.12. The summed E-state index contributed by atoms with van der Waals surface area (Å²) in [4.78, 5) is 0. The van der Waals surface area contributed by atoms with E-state index in [0.717, 1.165) is 5.69 Å². The topological polar surface area (TPSA) is 46.2 Å². The van der Waals surface area contributed by atoms with Gasteiger partial charge in [0, 0.05) is 18.1 Å². The lowest BCUT2D eigenvalue weighted by Gasteiger charge is -2.13. The predicted molar refractivity (Wildman–Crippen MR) is 68.9 cm³/mol. The Bertz CT molecular complexity index is 405. The molecule has 1 unspecified atom stereocenters. The Morgan fingerprint density at radius 2 is 1.94 bits per heavy atom. The third kappa shape index (κ3) is 4.02. The lowest BCUT2D eigenvalue weighted by Crippen LogP contribution is -2.28. The average Bonchev–Trinajstić information content (AvgIpc) is 2.27. The molecule has 16 heavy (non-hydrogen) atoms. The Balaban J connectivity index is 2.50. The van der Waals surface area contributed by atoms with E-state index in [-0.39, 0.29) is 11.6 Å². The molecule has 1 N–H and O–H groups in total. The zero-order valence-corrected chi connectivity index (χ0v) is 10.8. The fraction of sp³-hybridized carbons (Fsp3) is 0.455. The molecule has 0 aliphatic carbocycles. The highest BCUT2D eigenvalue weighted by atomic mass is 35.5. The maximum Gasteiger partial charge on any atom is 0.155 e. The smallest absolute Gasteiger partial charge is 0.155 e. The summed E-state index contributed by atoms with van der Waals surface area (Å²) in [6, 6.07) is 9.53. The molecule has 1 aromatic carbocycles. The molecule has 0 saturated heterocycles. The van der Waals surface area contributed by atoms with Gasteiger partial charge in [0.2, 0.25) is 0 Å². The van der Waals surface area contributed by atoms with Crippen molar-refractivity contribution in [3.8, 4) is 0 Å². The molecule has 90 valence electrons. The normalized spacial score (nSPS) is 13.4. The number of alkyl halides is 1. The Hall–Kier alpha value is -0.740. The average molecular weight is 262 g/mol. The van der Waals surface area contributed by atoms with Crippen molar-refractivity contribution in [2.24, 2.45) is 0 Å². The number of benzene rings is 1. The largest absolute Gasteiger partial charge is 0.384 e. The van der Waals surface area contributed by atoms with Crippen LogP contribution >= 0.6 is 11.6 Å². The minimum absolute atomic E-state index is 0.0339. The molecule has 1 atom stereocenters. The van der Waals surface area contributed by atoms with Crippen LogP contribution in [0.5, 0.6) is 0 Å². The van der Waals surface area contributed by atoms with Crippen LogP contribution in [0.4, 0.5) is 5.69 Å². The highest BCUT2D eigenvalue weighted by molar-refractivity contribution is 7.92. The molecule has 0 aliphatic rings. The molecule has 0 bridgehead atoms. The van der Waals surface area contributed by atoms with Gasteiger partial charge in [-0.05, 0) is 19.1 Å². The molecule has 5 heteroatoms. The van der Waals surface area contributed by atoms with E-state index in [0.29, 0.717) is 6.54 Å². The Kier molecular flexibility index (Phi) is 5.09. The molecule has 0 heterocycles. The van der Waals surface area contributed by atoms with Gasteiger partial charge in [-0.15, -0.1) is 11.6 Å². The highest BCUT2D eigenvalue weighted by Gasteiger charge is 2.19. The van der Waals surface area contributed by atoms with E-state index >= 15 is 0 Å². The van der Waals surface area contributed by atoms with E-state index in [1.165, 1.54) is 0 Å². The first kappa shape index (κ1) is 13.3. The van der Waals surface area contributed by atoms with Gasteiger partial charge in [-0.3, -0.25) is 0 Å². The molecule has 0 saturated carbocycles. The van der Waals surface area contributed by atoms with E-state index < -0.39 is 15.1 Å². The van der Waals surface area contributed by atoms with Crippen molar-refractivity contribution in [1.29, 1.82) is 0 Å². The van der Waals surface area contributed by atoms with Crippen molar-refractivity contribution < 1.29 is 8.42 Å². The van der Waals surface area contributed by atoms with Crippen molar-refractivity contribution >= 4 is 27.1 Å². The third-order valence-electron chi connectivity index (χ3n) is 2.34. The van der Waals surface area contributed by atoms with Crippen LogP contribution in [0.15, 0.2) is 30.3 Å². The van der Waals surface area contributed by atoms with Crippen LogP contribution < -0.4 is 5.32 Å². The van der Waals surface area contributed by atoms with Crippen LogP contribution in [0.3, 0.4) is 0 Å². The maximum atomic E-state index is 11.6. The minimum atomic E-state index is -3.07. The van der Waals surface area contributed by atoms with Gasteiger partial charge < -0.3 is 5.32 Å². The van der Waals surface area contributed by atoms with Crippen LogP contribution in [-0.4, -0.2) is 31.8 Å². The Morgan fingerprint density at radius 1 is 1.31 bits per heavy atom. The highest BCUT2D eigenvalue weighted by Crippen LogP contribution is 2.08. The SMILES string of the molecule is CC(CNc1ccccc1)S(=O)(=O)CCCl. The van der Waals surface area contributed by atoms with Crippen LogP contribution in [-0.2, 0) is 9.84 Å². The van der Waals surface area contributed by atoms with Crippen molar-refractivity contribution in [3.63, 3.8) is 0 Å². The molecule has 0 amide bonds. The number of para-hydroxylation sites is 1. The van der Waals surface area contributed by atoms with E-state index in [2.05, 4.69) is 5.32 Å². The maximum absolute atomic E-state index is 11.6. The zero-order valence-electron chi connectivity index (χ0n) is 9.19. The number of hydrogen-bond acceptors (Lipinski definition) is 3. The summed E-state index contributed by atoms with van der Waals surface area (Å²) in [5.74, 6) is 0.185. The summed E-state index contributed by atoms with van der Waals surface area (Å²) < 4.78 is 23.3. The molecule has 0 radical (unpaired) electrons. The van der Waals surface area contributed by atoms with E-state index in [9.17, 15) is 8.42 Å².